The monoisotopic (exact) mass is 357 g/mol. The van der Waals surface area contributed by atoms with Crippen LogP contribution in [-0.4, -0.2) is 65.8 Å². The Bertz CT molecular complexity index is 773. The molecule has 2 aromatic rings. The van der Waals surface area contributed by atoms with Gasteiger partial charge in [0.15, 0.2) is 5.58 Å². The minimum absolute atomic E-state index is 0.107. The molecule has 3 heterocycles. The van der Waals surface area contributed by atoms with E-state index >= 15 is 0 Å². The minimum Gasteiger partial charge on any atom is -0.375 e. The smallest absolute Gasteiger partial charge is 0.228 e. The van der Waals surface area contributed by atoms with Gasteiger partial charge in [-0.1, -0.05) is 17.3 Å². The van der Waals surface area contributed by atoms with Crippen molar-refractivity contribution < 1.29 is 14.1 Å². The van der Waals surface area contributed by atoms with Crippen molar-refractivity contribution in [3.63, 3.8) is 0 Å². The van der Waals surface area contributed by atoms with Gasteiger partial charge in [0, 0.05) is 43.5 Å². The lowest BCUT2D eigenvalue weighted by Gasteiger charge is -2.38. The van der Waals surface area contributed by atoms with Crippen LogP contribution in [0, 0.1) is 5.92 Å². The van der Waals surface area contributed by atoms with Crippen LogP contribution in [0.2, 0.25) is 0 Å². The molecule has 2 saturated heterocycles. The molecule has 0 saturated carbocycles. The topological polar surface area (TPSA) is 58.8 Å². The maximum absolute atomic E-state index is 12.8. The predicted molar refractivity (Wildman–Crippen MR) is 98.8 cm³/mol. The van der Waals surface area contributed by atoms with Crippen LogP contribution < -0.4 is 0 Å². The lowest BCUT2D eigenvalue weighted by molar-refractivity contribution is -0.136. The van der Waals surface area contributed by atoms with E-state index in [4.69, 9.17) is 9.26 Å². The number of rotatable bonds is 3. The molecule has 4 rings (SSSR count). The molecule has 0 spiro atoms. The fourth-order valence-electron chi connectivity index (χ4n) is 4.09. The van der Waals surface area contributed by atoms with Crippen molar-refractivity contribution in [1.82, 2.24) is 15.0 Å². The van der Waals surface area contributed by atoms with Gasteiger partial charge in [-0.15, -0.1) is 0 Å². The average molecular weight is 357 g/mol. The van der Waals surface area contributed by atoms with Crippen molar-refractivity contribution in [2.75, 3.05) is 32.8 Å². The SMILES string of the molecule is CC(C)N1CCOC2CN(C(=O)Cc3noc4ccccc34)CCC2C1. The zero-order valence-electron chi connectivity index (χ0n) is 15.6. The van der Waals surface area contributed by atoms with E-state index in [0.717, 1.165) is 49.3 Å². The summed E-state index contributed by atoms with van der Waals surface area (Å²) < 4.78 is 11.4. The van der Waals surface area contributed by atoms with Gasteiger partial charge in [0.1, 0.15) is 5.69 Å². The third-order valence-corrected chi connectivity index (χ3v) is 5.73. The number of hydrogen-bond donors (Lipinski definition) is 0. The standard InChI is InChI=1S/C20H27N3O3/c1-14(2)22-9-10-25-19-13-23(8-7-15(19)12-22)20(24)11-17-16-5-3-4-6-18(16)26-21-17/h3-6,14-15,19H,7-13H2,1-2H3. The second-order valence-electron chi connectivity index (χ2n) is 7.69. The number of likely N-dealkylation sites (tertiary alicyclic amines) is 1. The molecular formula is C20H27N3O3. The normalized spacial score (nSPS) is 24.7. The molecule has 0 bridgehead atoms. The highest BCUT2D eigenvalue weighted by Gasteiger charge is 2.35. The van der Waals surface area contributed by atoms with Crippen molar-refractivity contribution in [3.05, 3.63) is 30.0 Å². The van der Waals surface area contributed by atoms with Gasteiger partial charge in [0.05, 0.1) is 19.1 Å². The number of aromatic nitrogens is 1. The number of carbonyl (C=O) groups excluding carboxylic acids is 1. The molecular weight excluding hydrogens is 330 g/mol. The van der Waals surface area contributed by atoms with Gasteiger partial charge in [-0.2, -0.15) is 0 Å². The van der Waals surface area contributed by atoms with Gasteiger partial charge in [0.25, 0.3) is 0 Å². The van der Waals surface area contributed by atoms with Crippen molar-refractivity contribution in [3.8, 4) is 0 Å². The molecule has 1 aromatic heterocycles. The highest BCUT2D eigenvalue weighted by molar-refractivity contribution is 5.86. The van der Waals surface area contributed by atoms with Gasteiger partial charge < -0.3 is 14.2 Å². The van der Waals surface area contributed by atoms with Crippen molar-refractivity contribution in [1.29, 1.82) is 0 Å². The Balaban J connectivity index is 1.41. The van der Waals surface area contributed by atoms with Crippen LogP contribution in [0.4, 0.5) is 0 Å². The lowest BCUT2D eigenvalue weighted by atomic mass is 9.92. The number of benzene rings is 1. The minimum atomic E-state index is 0.107. The molecule has 2 aliphatic heterocycles. The Kier molecular flexibility index (Phi) is 4.96. The number of hydrogen-bond acceptors (Lipinski definition) is 5. The van der Waals surface area contributed by atoms with E-state index in [-0.39, 0.29) is 18.4 Å². The van der Waals surface area contributed by atoms with E-state index in [0.29, 0.717) is 18.5 Å². The molecule has 2 aliphatic rings. The maximum atomic E-state index is 12.8. The molecule has 0 N–H and O–H groups in total. The second-order valence-corrected chi connectivity index (χ2v) is 7.69. The zero-order valence-corrected chi connectivity index (χ0v) is 15.6. The molecule has 1 amide bonds. The lowest BCUT2D eigenvalue weighted by Crippen LogP contribution is -2.49. The maximum Gasteiger partial charge on any atom is 0.228 e. The van der Waals surface area contributed by atoms with E-state index in [1.807, 2.05) is 29.2 Å². The van der Waals surface area contributed by atoms with Crippen LogP contribution in [-0.2, 0) is 16.0 Å². The van der Waals surface area contributed by atoms with Crippen LogP contribution in [0.1, 0.15) is 26.0 Å². The summed E-state index contributed by atoms with van der Waals surface area (Å²) in [7, 11) is 0. The number of amides is 1. The van der Waals surface area contributed by atoms with Gasteiger partial charge in [-0.3, -0.25) is 9.69 Å². The Morgan fingerprint density at radius 2 is 2.12 bits per heavy atom. The van der Waals surface area contributed by atoms with E-state index in [2.05, 4.69) is 23.9 Å². The molecule has 26 heavy (non-hydrogen) atoms. The Labute approximate surface area is 154 Å². The molecule has 0 aliphatic carbocycles. The summed E-state index contributed by atoms with van der Waals surface area (Å²) in [5, 5.41) is 5.02. The summed E-state index contributed by atoms with van der Waals surface area (Å²) in [6, 6.07) is 8.22. The third-order valence-electron chi connectivity index (χ3n) is 5.73. The van der Waals surface area contributed by atoms with Gasteiger partial charge in [-0.25, -0.2) is 0 Å². The van der Waals surface area contributed by atoms with E-state index in [1.54, 1.807) is 0 Å². The fourth-order valence-corrected chi connectivity index (χ4v) is 4.09. The quantitative estimate of drug-likeness (QED) is 0.844. The van der Waals surface area contributed by atoms with Crippen LogP contribution in [0.25, 0.3) is 11.0 Å². The predicted octanol–water partition coefficient (Wildman–Crippen LogP) is 2.33. The summed E-state index contributed by atoms with van der Waals surface area (Å²) in [5.74, 6) is 0.618. The molecule has 140 valence electrons. The average Bonchev–Trinajstić information content (AvgIpc) is 2.91. The largest absolute Gasteiger partial charge is 0.375 e. The summed E-state index contributed by atoms with van der Waals surface area (Å²) in [5.41, 5.74) is 1.45. The summed E-state index contributed by atoms with van der Waals surface area (Å²) >= 11 is 0. The van der Waals surface area contributed by atoms with Crippen molar-refractivity contribution in [2.45, 2.75) is 38.8 Å². The van der Waals surface area contributed by atoms with E-state index in [9.17, 15) is 4.79 Å². The molecule has 2 atom stereocenters. The van der Waals surface area contributed by atoms with Crippen LogP contribution >= 0.6 is 0 Å². The molecule has 1 aromatic carbocycles. The molecule has 6 nitrogen and oxygen atoms in total. The number of nitrogens with zero attached hydrogens (tertiary/aromatic N) is 3. The summed E-state index contributed by atoms with van der Waals surface area (Å²) in [6.45, 7) is 8.75. The third kappa shape index (κ3) is 3.48. The number of piperidine rings is 1. The number of fused-ring (bicyclic) bond motifs is 2. The Morgan fingerprint density at radius 3 is 2.96 bits per heavy atom. The first-order valence-corrected chi connectivity index (χ1v) is 9.58. The highest BCUT2D eigenvalue weighted by Crippen LogP contribution is 2.26. The number of ether oxygens (including phenoxy) is 1. The molecule has 0 radical (unpaired) electrons. The van der Waals surface area contributed by atoms with Crippen molar-refractivity contribution in [2.24, 2.45) is 5.92 Å². The first-order valence-electron chi connectivity index (χ1n) is 9.58. The van der Waals surface area contributed by atoms with Crippen molar-refractivity contribution >= 4 is 16.9 Å². The number of para-hydroxylation sites is 1. The molecule has 2 fully saturated rings. The Morgan fingerprint density at radius 1 is 1.27 bits per heavy atom. The van der Waals surface area contributed by atoms with Gasteiger partial charge in [-0.05, 0) is 32.4 Å². The van der Waals surface area contributed by atoms with Crippen LogP contribution in [0.5, 0.6) is 0 Å². The van der Waals surface area contributed by atoms with Crippen LogP contribution in [0.15, 0.2) is 28.8 Å². The first-order chi connectivity index (χ1) is 12.6. The van der Waals surface area contributed by atoms with Gasteiger partial charge in [0.2, 0.25) is 5.91 Å². The zero-order chi connectivity index (χ0) is 18.1. The van der Waals surface area contributed by atoms with E-state index in [1.165, 1.54) is 0 Å². The molecule has 6 heteroatoms. The Hall–Kier alpha value is -1.92. The van der Waals surface area contributed by atoms with Gasteiger partial charge >= 0.3 is 0 Å². The fraction of sp³-hybridized carbons (Fsp3) is 0.600. The molecule has 2 unspecified atom stereocenters. The second kappa shape index (κ2) is 7.37. The van der Waals surface area contributed by atoms with Crippen LogP contribution in [0.3, 0.4) is 0 Å². The highest BCUT2D eigenvalue weighted by atomic mass is 16.5. The number of carbonyl (C=O) groups is 1. The first kappa shape index (κ1) is 17.5. The summed E-state index contributed by atoms with van der Waals surface area (Å²) in [4.78, 5) is 17.3. The summed E-state index contributed by atoms with van der Waals surface area (Å²) in [6.07, 6.45) is 1.43. The van der Waals surface area contributed by atoms with E-state index < -0.39 is 0 Å².